The van der Waals surface area contributed by atoms with Crippen molar-refractivity contribution in [3.05, 3.63) is 45.7 Å². The van der Waals surface area contributed by atoms with Crippen molar-refractivity contribution < 1.29 is 9.90 Å². The molecule has 2 atom stereocenters. The van der Waals surface area contributed by atoms with Crippen LogP contribution in [0.3, 0.4) is 0 Å². The third-order valence-corrected chi connectivity index (χ3v) is 7.82. The van der Waals surface area contributed by atoms with Crippen LogP contribution in [0.25, 0.3) is 11.2 Å². The number of carbonyl (C=O) groups excluding carboxylic acids is 1. The molecule has 2 saturated heterocycles. The van der Waals surface area contributed by atoms with E-state index in [1.807, 2.05) is 13.0 Å². The van der Waals surface area contributed by atoms with E-state index in [2.05, 4.69) is 19.9 Å². The zero-order chi connectivity index (χ0) is 24.7. The maximum absolute atomic E-state index is 12.1. The quantitative estimate of drug-likeness (QED) is 0.495. The van der Waals surface area contributed by atoms with Gasteiger partial charge in [0.15, 0.2) is 11.3 Å². The molecule has 0 radical (unpaired) electrons. The van der Waals surface area contributed by atoms with Crippen LogP contribution < -0.4 is 10.6 Å². The summed E-state index contributed by atoms with van der Waals surface area (Å²) in [7, 11) is 0. The lowest BCUT2D eigenvalue weighted by molar-refractivity contribution is 0.0995. The number of β-amino-alcohol motifs (C(OH)–C–C–N with tert-alkyl or cyclic N) is 1. The first-order valence-corrected chi connectivity index (χ1v) is 12.7. The smallest absolute Gasteiger partial charge is 0.271 e. The number of rotatable bonds is 7. The van der Waals surface area contributed by atoms with Gasteiger partial charge in [-0.05, 0) is 55.8 Å². The van der Waals surface area contributed by atoms with Crippen LogP contribution in [0, 0.1) is 11.8 Å². The van der Waals surface area contributed by atoms with Crippen LogP contribution in [-0.4, -0.2) is 75.0 Å². The van der Waals surface area contributed by atoms with Gasteiger partial charge >= 0.3 is 0 Å². The Morgan fingerprint density at radius 2 is 2.06 bits per heavy atom. The number of aliphatic hydroxyl groups is 1. The van der Waals surface area contributed by atoms with Crippen molar-refractivity contribution >= 4 is 46.1 Å². The summed E-state index contributed by atoms with van der Waals surface area (Å²) in [5.41, 5.74) is 7.35. The number of hydrogen-bond donors (Lipinski definition) is 2. The second-order valence-electron chi connectivity index (χ2n) is 9.49. The highest BCUT2D eigenvalue weighted by Crippen LogP contribution is 2.35. The first-order valence-electron chi connectivity index (χ1n) is 11.9. The molecule has 0 spiro atoms. The molecular weight excluding hydrogens is 489 g/mol. The number of halogens is 2. The van der Waals surface area contributed by atoms with E-state index in [4.69, 9.17) is 33.9 Å². The molecule has 2 aliphatic heterocycles. The van der Waals surface area contributed by atoms with Crippen molar-refractivity contribution in [2.45, 2.75) is 25.8 Å². The SMILES string of the molecule is C[C@@H](c1ccc(Cl)cc1Cl)n1nc(C(N)=O)c2ncc(N3CC([C@@H]4CCCN(CCO)C4)C3)nc21. The van der Waals surface area contributed by atoms with Crippen LogP contribution in [0.5, 0.6) is 0 Å². The van der Waals surface area contributed by atoms with Gasteiger partial charge in [-0.1, -0.05) is 29.3 Å². The van der Waals surface area contributed by atoms with Crippen molar-refractivity contribution in [2.75, 3.05) is 44.2 Å². The number of hydrogen-bond acceptors (Lipinski definition) is 7. The summed E-state index contributed by atoms with van der Waals surface area (Å²) >= 11 is 12.5. The van der Waals surface area contributed by atoms with Crippen LogP contribution in [0.1, 0.15) is 41.9 Å². The average Bonchev–Trinajstić information content (AvgIpc) is 3.18. The summed E-state index contributed by atoms with van der Waals surface area (Å²) in [6.45, 7) is 6.81. The van der Waals surface area contributed by atoms with Gasteiger partial charge in [-0.3, -0.25) is 4.79 Å². The van der Waals surface area contributed by atoms with E-state index < -0.39 is 5.91 Å². The Labute approximate surface area is 213 Å². The number of nitrogens with two attached hydrogens (primary N) is 1. The Hall–Kier alpha value is -2.46. The van der Waals surface area contributed by atoms with E-state index in [1.54, 1.807) is 23.0 Å². The number of aliphatic hydroxyl groups excluding tert-OH is 1. The number of primary amides is 1. The van der Waals surface area contributed by atoms with E-state index in [1.165, 1.54) is 12.8 Å². The minimum atomic E-state index is -0.654. The number of piperidine rings is 1. The third kappa shape index (κ3) is 4.70. The van der Waals surface area contributed by atoms with Crippen molar-refractivity contribution in [3.8, 4) is 0 Å². The molecule has 1 aromatic carbocycles. The van der Waals surface area contributed by atoms with Crippen molar-refractivity contribution in [2.24, 2.45) is 17.6 Å². The molecule has 2 aromatic heterocycles. The van der Waals surface area contributed by atoms with Crippen molar-refractivity contribution in [1.82, 2.24) is 24.6 Å². The summed E-state index contributed by atoms with van der Waals surface area (Å²) in [6, 6.07) is 4.97. The fourth-order valence-corrected chi connectivity index (χ4v) is 5.84. The van der Waals surface area contributed by atoms with Gasteiger partial charge < -0.3 is 20.6 Å². The highest BCUT2D eigenvalue weighted by Gasteiger charge is 2.36. The molecular formula is C24H29Cl2N7O2. The molecule has 5 rings (SSSR count). The molecule has 2 aliphatic rings. The predicted molar refractivity (Wildman–Crippen MR) is 136 cm³/mol. The van der Waals surface area contributed by atoms with E-state index >= 15 is 0 Å². The van der Waals surface area contributed by atoms with Crippen molar-refractivity contribution in [3.63, 3.8) is 0 Å². The topological polar surface area (TPSA) is 113 Å². The van der Waals surface area contributed by atoms with Gasteiger partial charge in [0.25, 0.3) is 5.91 Å². The summed E-state index contributed by atoms with van der Waals surface area (Å²) in [5.74, 6) is 1.32. The minimum absolute atomic E-state index is 0.0867. The molecule has 35 heavy (non-hydrogen) atoms. The Bertz CT molecular complexity index is 1240. The van der Waals surface area contributed by atoms with Gasteiger partial charge in [-0.25, -0.2) is 14.6 Å². The fraction of sp³-hybridized carbons (Fsp3) is 0.500. The monoisotopic (exact) mass is 517 g/mol. The maximum atomic E-state index is 12.1. The lowest BCUT2D eigenvalue weighted by Gasteiger charge is -2.47. The lowest BCUT2D eigenvalue weighted by Crippen LogP contribution is -2.54. The number of fused-ring (bicyclic) bond motifs is 1. The van der Waals surface area contributed by atoms with Gasteiger partial charge in [0.1, 0.15) is 11.3 Å². The Morgan fingerprint density at radius 1 is 1.26 bits per heavy atom. The summed E-state index contributed by atoms with van der Waals surface area (Å²) in [5, 5.41) is 14.8. The zero-order valence-corrected chi connectivity index (χ0v) is 21.1. The Balaban J connectivity index is 1.40. The Kier molecular flexibility index (Phi) is 6.85. The average molecular weight is 518 g/mol. The predicted octanol–water partition coefficient (Wildman–Crippen LogP) is 2.98. The number of likely N-dealkylation sites (tertiary alicyclic amines) is 1. The highest BCUT2D eigenvalue weighted by molar-refractivity contribution is 6.35. The first kappa shape index (κ1) is 24.2. The van der Waals surface area contributed by atoms with Crippen LogP contribution >= 0.6 is 23.2 Å². The zero-order valence-electron chi connectivity index (χ0n) is 19.6. The fourth-order valence-electron chi connectivity index (χ4n) is 5.28. The summed E-state index contributed by atoms with van der Waals surface area (Å²) in [6.07, 6.45) is 4.09. The van der Waals surface area contributed by atoms with Gasteiger partial charge in [-0.15, -0.1) is 0 Å². The molecule has 0 aliphatic carbocycles. The van der Waals surface area contributed by atoms with Crippen LogP contribution in [0.2, 0.25) is 10.0 Å². The van der Waals surface area contributed by atoms with E-state index in [9.17, 15) is 9.90 Å². The molecule has 11 heteroatoms. The van der Waals surface area contributed by atoms with Crippen LogP contribution in [-0.2, 0) is 0 Å². The molecule has 0 saturated carbocycles. The molecule has 186 valence electrons. The molecule has 4 heterocycles. The lowest BCUT2D eigenvalue weighted by atomic mass is 9.80. The second-order valence-corrected chi connectivity index (χ2v) is 10.3. The number of carbonyl (C=O) groups is 1. The number of nitrogens with zero attached hydrogens (tertiary/aromatic N) is 6. The van der Waals surface area contributed by atoms with Crippen LogP contribution in [0.4, 0.5) is 5.82 Å². The normalized spacial score (nSPS) is 20.2. The van der Waals surface area contributed by atoms with Gasteiger partial charge in [0.05, 0.1) is 18.8 Å². The van der Waals surface area contributed by atoms with Gasteiger partial charge in [0.2, 0.25) is 0 Å². The molecule has 1 amide bonds. The first-order chi connectivity index (χ1) is 16.9. The van der Waals surface area contributed by atoms with E-state index in [0.717, 1.165) is 44.1 Å². The van der Waals surface area contributed by atoms with Gasteiger partial charge in [0, 0.05) is 36.2 Å². The standard InChI is InChI=1S/C24H29Cl2N7O2/c1-14(18-5-4-17(25)9-19(18)26)33-24-22(21(30-33)23(27)35)28-10-20(29-24)32-12-16(13-32)15-3-2-6-31(11-15)7-8-34/h4-5,9-10,14-16,34H,2-3,6-8,11-13H2,1H3,(H2,27,35)/t14-,15+/m0/s1. The molecule has 0 unspecified atom stereocenters. The Morgan fingerprint density at radius 3 is 2.77 bits per heavy atom. The molecule has 0 bridgehead atoms. The third-order valence-electron chi connectivity index (χ3n) is 7.26. The van der Waals surface area contributed by atoms with Gasteiger partial charge in [-0.2, -0.15) is 5.10 Å². The summed E-state index contributed by atoms with van der Waals surface area (Å²) in [4.78, 5) is 26.0. The number of amides is 1. The number of anilines is 1. The molecule has 9 nitrogen and oxygen atoms in total. The second kappa shape index (κ2) is 9.89. The molecule has 2 fully saturated rings. The number of aromatic nitrogens is 4. The molecule has 3 aromatic rings. The number of benzene rings is 1. The summed E-state index contributed by atoms with van der Waals surface area (Å²) < 4.78 is 1.66. The molecule has 3 N–H and O–H groups in total. The highest BCUT2D eigenvalue weighted by atomic mass is 35.5. The van der Waals surface area contributed by atoms with E-state index in [-0.39, 0.29) is 18.3 Å². The maximum Gasteiger partial charge on any atom is 0.271 e. The van der Waals surface area contributed by atoms with Crippen LogP contribution in [0.15, 0.2) is 24.4 Å². The largest absolute Gasteiger partial charge is 0.395 e. The van der Waals surface area contributed by atoms with E-state index in [0.29, 0.717) is 33.0 Å². The van der Waals surface area contributed by atoms with Crippen molar-refractivity contribution in [1.29, 1.82) is 0 Å². The minimum Gasteiger partial charge on any atom is -0.395 e.